The van der Waals surface area contributed by atoms with Crippen molar-refractivity contribution in [1.82, 2.24) is 9.97 Å². The van der Waals surface area contributed by atoms with Gasteiger partial charge in [0.2, 0.25) is 5.95 Å². The molecule has 0 atom stereocenters. The van der Waals surface area contributed by atoms with E-state index in [1.165, 1.54) is 36.5 Å². The Hall–Kier alpha value is -4.59. The highest BCUT2D eigenvalue weighted by Gasteiger charge is 2.33. The number of nitrogens with zero attached hydrogens (tertiary/aromatic N) is 4. The zero-order valence-electron chi connectivity index (χ0n) is 23.8. The van der Waals surface area contributed by atoms with E-state index in [9.17, 15) is 31.6 Å². The topological polar surface area (TPSA) is 62.0 Å². The number of ether oxygens (including phenoxy) is 1. The third-order valence-corrected chi connectivity index (χ3v) is 6.85. The van der Waals surface area contributed by atoms with E-state index in [0.717, 1.165) is 29.8 Å². The van der Waals surface area contributed by atoms with Crippen LogP contribution in [0, 0.1) is 18.3 Å². The molecule has 0 bridgehead atoms. The monoisotopic (exact) mass is 598 g/mol. The highest BCUT2D eigenvalue weighted by Crippen LogP contribution is 2.39. The lowest BCUT2D eigenvalue weighted by atomic mass is 9.92. The van der Waals surface area contributed by atoms with Crippen molar-refractivity contribution >= 4 is 5.95 Å². The fourth-order valence-corrected chi connectivity index (χ4v) is 4.64. The molecule has 0 saturated heterocycles. The number of halogens is 6. The molecule has 4 rings (SSSR count). The Morgan fingerprint density at radius 3 is 2.09 bits per heavy atom. The third kappa shape index (κ3) is 7.44. The van der Waals surface area contributed by atoms with E-state index in [2.05, 4.69) is 9.97 Å². The maximum Gasteiger partial charge on any atom is 0.416 e. The molecule has 0 N–H and O–H groups in total. The average molecular weight is 599 g/mol. The van der Waals surface area contributed by atoms with E-state index in [1.54, 1.807) is 19.1 Å². The molecule has 4 aromatic rings. The number of aryl methyl sites for hydroxylation is 1. The smallest absolute Gasteiger partial charge is 0.416 e. The molecule has 5 nitrogen and oxygen atoms in total. The minimum atomic E-state index is -4.71. The first kappa shape index (κ1) is 31.3. The first-order chi connectivity index (χ1) is 20.2. The second kappa shape index (κ2) is 12.3. The molecule has 224 valence electrons. The number of alkyl halides is 6. The van der Waals surface area contributed by atoms with Crippen molar-refractivity contribution in [2.45, 2.75) is 52.1 Å². The number of hydrogen-bond acceptors (Lipinski definition) is 5. The lowest BCUT2D eigenvalue weighted by Gasteiger charge is -2.26. The van der Waals surface area contributed by atoms with Gasteiger partial charge in [0.05, 0.1) is 29.9 Å². The number of rotatable bonds is 8. The molecule has 0 spiro atoms. The molecular formula is C32H28F6N4O. The maximum atomic E-state index is 13.9. The van der Waals surface area contributed by atoms with Crippen molar-refractivity contribution in [3.8, 4) is 22.9 Å². The molecule has 43 heavy (non-hydrogen) atoms. The van der Waals surface area contributed by atoms with Crippen molar-refractivity contribution in [1.29, 1.82) is 5.26 Å². The Balaban J connectivity index is 1.90. The average Bonchev–Trinajstić information content (AvgIpc) is 2.95. The number of nitriles is 1. The van der Waals surface area contributed by atoms with Crippen molar-refractivity contribution in [3.05, 3.63) is 106 Å². The van der Waals surface area contributed by atoms with Crippen LogP contribution >= 0.6 is 0 Å². The van der Waals surface area contributed by atoms with Crippen LogP contribution in [0.1, 0.15) is 58.7 Å². The summed E-state index contributed by atoms with van der Waals surface area (Å²) in [6.45, 7) is 5.30. The number of aromatic nitrogens is 2. The Bertz CT molecular complexity index is 1640. The fraction of sp³-hybridized carbons (Fsp3) is 0.281. The summed E-state index contributed by atoms with van der Waals surface area (Å²) >= 11 is 0. The summed E-state index contributed by atoms with van der Waals surface area (Å²) in [5, 5.41) is 9.38. The molecule has 11 heteroatoms. The van der Waals surface area contributed by atoms with Crippen molar-refractivity contribution in [2.24, 2.45) is 0 Å². The molecule has 0 fully saturated rings. The third-order valence-electron chi connectivity index (χ3n) is 6.85. The molecule has 1 aromatic heterocycles. The molecular weight excluding hydrogens is 570 g/mol. The maximum absolute atomic E-state index is 13.9. The molecule has 0 unspecified atom stereocenters. The molecule has 1 heterocycles. The zero-order chi connectivity index (χ0) is 31.5. The van der Waals surface area contributed by atoms with Gasteiger partial charge in [0.15, 0.2) is 0 Å². The summed E-state index contributed by atoms with van der Waals surface area (Å²) in [4.78, 5) is 10.1. The summed E-state index contributed by atoms with van der Waals surface area (Å²) in [6, 6.07) is 13.6. The van der Waals surface area contributed by atoms with Crippen molar-refractivity contribution < 1.29 is 31.1 Å². The van der Waals surface area contributed by atoms with Crippen LogP contribution in [0.25, 0.3) is 11.1 Å². The Kier molecular flexibility index (Phi) is 8.99. The van der Waals surface area contributed by atoms with E-state index in [0.29, 0.717) is 22.4 Å². The molecule has 0 aliphatic carbocycles. The number of anilines is 1. The van der Waals surface area contributed by atoms with Gasteiger partial charge in [0.25, 0.3) is 0 Å². The molecule has 0 radical (unpaired) electrons. The summed E-state index contributed by atoms with van der Waals surface area (Å²) in [5.74, 6) is 0.656. The second-order valence-corrected chi connectivity index (χ2v) is 10.4. The number of methoxy groups -OCH3 is 1. The molecule has 0 aliphatic rings. The van der Waals surface area contributed by atoms with Crippen LogP contribution < -0.4 is 9.64 Å². The Labute approximate surface area is 245 Å². The standard InChI is InChI=1S/C32H28F6N4O/c1-19(2)23-5-8-29(43-4)28(13-23)27-7-6-25(31(33,34)35)12-24(27)18-42(30-40-15-20(3)16-41-30)17-22-9-21(14-39)10-26(11-22)32(36,37)38/h5-13,15-16,19H,17-18H2,1-4H3. The van der Waals surface area contributed by atoms with Gasteiger partial charge in [-0.25, -0.2) is 9.97 Å². The lowest BCUT2D eigenvalue weighted by Crippen LogP contribution is -2.25. The van der Waals surface area contributed by atoms with Crippen LogP contribution in [-0.4, -0.2) is 17.1 Å². The predicted molar refractivity (Wildman–Crippen MR) is 150 cm³/mol. The largest absolute Gasteiger partial charge is 0.496 e. The normalized spacial score (nSPS) is 11.9. The summed E-state index contributed by atoms with van der Waals surface area (Å²) in [7, 11) is 1.46. The van der Waals surface area contributed by atoms with Gasteiger partial charge < -0.3 is 9.64 Å². The summed E-state index contributed by atoms with van der Waals surface area (Å²) in [6.07, 6.45) is -6.35. The van der Waals surface area contributed by atoms with Crippen LogP contribution in [0.5, 0.6) is 5.75 Å². The SMILES string of the molecule is COc1ccc(C(C)C)cc1-c1ccc(C(F)(F)F)cc1CN(Cc1cc(C#N)cc(C(F)(F)F)c1)c1ncc(C)cn1. The molecule has 0 saturated carbocycles. The van der Waals surface area contributed by atoms with Crippen molar-refractivity contribution in [2.75, 3.05) is 12.0 Å². The first-order valence-corrected chi connectivity index (χ1v) is 13.2. The summed E-state index contributed by atoms with van der Waals surface area (Å²) in [5.41, 5.74) is 0.901. The first-order valence-electron chi connectivity index (χ1n) is 13.2. The molecule has 0 amide bonds. The summed E-state index contributed by atoms with van der Waals surface area (Å²) < 4.78 is 88.2. The molecule has 0 aliphatic heterocycles. The quantitative estimate of drug-likeness (QED) is 0.190. The van der Waals surface area contributed by atoms with Gasteiger partial charge in [-0.15, -0.1) is 0 Å². The minimum Gasteiger partial charge on any atom is -0.496 e. The van der Waals surface area contributed by atoms with Crippen molar-refractivity contribution in [3.63, 3.8) is 0 Å². The van der Waals surface area contributed by atoms with Gasteiger partial charge in [0.1, 0.15) is 5.75 Å². The van der Waals surface area contributed by atoms with Crippen LogP contribution in [0.2, 0.25) is 0 Å². The predicted octanol–water partition coefficient (Wildman–Crippen LogP) is 8.70. The van der Waals surface area contributed by atoms with Gasteiger partial charge >= 0.3 is 12.4 Å². The van der Waals surface area contributed by atoms with Gasteiger partial charge in [-0.2, -0.15) is 31.6 Å². The van der Waals surface area contributed by atoms with Gasteiger partial charge in [-0.3, -0.25) is 0 Å². The van der Waals surface area contributed by atoms with Gasteiger partial charge in [0, 0.05) is 31.0 Å². The van der Waals surface area contributed by atoms with E-state index in [-0.39, 0.29) is 41.6 Å². The van der Waals surface area contributed by atoms with Crippen LogP contribution in [-0.2, 0) is 25.4 Å². The van der Waals surface area contributed by atoms with E-state index in [1.807, 2.05) is 26.0 Å². The highest BCUT2D eigenvalue weighted by molar-refractivity contribution is 5.75. The lowest BCUT2D eigenvalue weighted by molar-refractivity contribution is -0.138. The Morgan fingerprint density at radius 1 is 0.837 bits per heavy atom. The molecule has 3 aromatic carbocycles. The van der Waals surface area contributed by atoms with E-state index in [4.69, 9.17) is 4.74 Å². The van der Waals surface area contributed by atoms with Crippen LogP contribution in [0.15, 0.2) is 67.0 Å². The second-order valence-electron chi connectivity index (χ2n) is 10.4. The van der Waals surface area contributed by atoms with E-state index >= 15 is 0 Å². The van der Waals surface area contributed by atoms with Crippen LogP contribution in [0.3, 0.4) is 0 Å². The van der Waals surface area contributed by atoms with Gasteiger partial charge in [-0.1, -0.05) is 26.0 Å². The van der Waals surface area contributed by atoms with Crippen LogP contribution in [0.4, 0.5) is 32.3 Å². The van der Waals surface area contributed by atoms with E-state index < -0.39 is 23.5 Å². The Morgan fingerprint density at radius 2 is 1.51 bits per heavy atom. The number of hydrogen-bond donors (Lipinski definition) is 0. The number of benzene rings is 3. The highest BCUT2D eigenvalue weighted by atomic mass is 19.4. The minimum absolute atomic E-state index is 0.0905. The fourth-order valence-electron chi connectivity index (χ4n) is 4.64. The van der Waals surface area contributed by atoms with Gasteiger partial charge in [-0.05, 0) is 83.1 Å². The zero-order valence-corrected chi connectivity index (χ0v) is 23.8.